The molecule has 26 heavy (non-hydrogen) atoms. The largest absolute Gasteiger partial charge is 0.435 e. The number of alkyl halides is 2. The fourth-order valence-corrected chi connectivity index (χ4v) is 3.67. The van der Waals surface area contributed by atoms with Crippen LogP contribution in [0.4, 0.5) is 14.5 Å². The first-order valence-electron chi connectivity index (χ1n) is 9.18. The Balaban J connectivity index is 1.64. The smallest absolute Gasteiger partial charge is 0.387 e. The third-order valence-electron chi connectivity index (χ3n) is 4.89. The molecule has 0 aromatic heterocycles. The quantitative estimate of drug-likeness (QED) is 0.817. The van der Waals surface area contributed by atoms with Crippen LogP contribution in [0.2, 0.25) is 0 Å². The molecule has 0 bridgehead atoms. The number of aliphatic hydroxyl groups is 1. The summed E-state index contributed by atoms with van der Waals surface area (Å²) in [4.78, 5) is 2.28. The Morgan fingerprint density at radius 2 is 1.96 bits per heavy atom. The molecule has 1 aliphatic heterocycles. The average Bonchev–Trinajstić information content (AvgIpc) is 2.59. The van der Waals surface area contributed by atoms with E-state index in [-0.39, 0.29) is 11.9 Å². The average molecular weight is 367 g/mol. The molecule has 0 spiro atoms. The SMILES string of the molecule is CC(C)(O)CO[C@H]1CC[C@H](N2CC=Cc3ccc(OC(F)F)cc32)CC1. The van der Waals surface area contributed by atoms with Crippen molar-refractivity contribution >= 4 is 11.8 Å². The molecule has 4 nitrogen and oxygen atoms in total. The van der Waals surface area contributed by atoms with Crippen LogP contribution in [-0.4, -0.2) is 42.6 Å². The Morgan fingerprint density at radius 3 is 2.62 bits per heavy atom. The third kappa shape index (κ3) is 4.95. The Hall–Kier alpha value is -1.66. The second-order valence-corrected chi connectivity index (χ2v) is 7.71. The van der Waals surface area contributed by atoms with Gasteiger partial charge in [-0.1, -0.05) is 12.2 Å². The Morgan fingerprint density at radius 1 is 1.23 bits per heavy atom. The molecule has 1 aliphatic carbocycles. The van der Waals surface area contributed by atoms with Gasteiger partial charge in [-0.05, 0) is 57.2 Å². The summed E-state index contributed by atoms with van der Waals surface area (Å²) in [6.45, 7) is 1.78. The maximum Gasteiger partial charge on any atom is 0.387 e. The van der Waals surface area contributed by atoms with Gasteiger partial charge in [0.15, 0.2) is 0 Å². The highest BCUT2D eigenvalue weighted by Gasteiger charge is 2.29. The number of nitrogens with zero attached hydrogens (tertiary/aromatic N) is 1. The molecule has 1 fully saturated rings. The van der Waals surface area contributed by atoms with Crippen molar-refractivity contribution in [1.29, 1.82) is 0 Å². The van der Waals surface area contributed by atoms with Gasteiger partial charge in [0, 0.05) is 24.3 Å². The number of hydrogen-bond donors (Lipinski definition) is 1. The first-order chi connectivity index (χ1) is 12.3. The summed E-state index contributed by atoms with van der Waals surface area (Å²) >= 11 is 0. The van der Waals surface area contributed by atoms with E-state index in [1.165, 1.54) is 0 Å². The number of benzene rings is 1. The van der Waals surface area contributed by atoms with Crippen molar-refractivity contribution in [2.75, 3.05) is 18.1 Å². The summed E-state index contributed by atoms with van der Waals surface area (Å²) in [6.07, 6.45) is 8.12. The van der Waals surface area contributed by atoms with Crippen LogP contribution in [0, 0.1) is 0 Å². The fourth-order valence-electron chi connectivity index (χ4n) is 3.67. The van der Waals surface area contributed by atoms with Crippen LogP contribution in [0.3, 0.4) is 0 Å². The molecular formula is C20H27F2NO3. The molecule has 0 unspecified atom stereocenters. The van der Waals surface area contributed by atoms with E-state index in [0.717, 1.165) is 43.5 Å². The lowest BCUT2D eigenvalue weighted by Gasteiger charge is -2.40. The molecule has 0 saturated heterocycles. The van der Waals surface area contributed by atoms with Crippen molar-refractivity contribution in [3.63, 3.8) is 0 Å². The van der Waals surface area contributed by atoms with Crippen molar-refractivity contribution in [2.45, 2.75) is 63.9 Å². The molecule has 0 amide bonds. The molecule has 0 radical (unpaired) electrons. The number of hydrogen-bond acceptors (Lipinski definition) is 4. The van der Waals surface area contributed by atoms with Gasteiger partial charge in [0.25, 0.3) is 0 Å². The first-order valence-corrected chi connectivity index (χ1v) is 9.18. The molecule has 3 rings (SSSR count). The van der Waals surface area contributed by atoms with Crippen molar-refractivity contribution in [1.82, 2.24) is 0 Å². The summed E-state index contributed by atoms with van der Waals surface area (Å²) in [6, 6.07) is 5.47. The summed E-state index contributed by atoms with van der Waals surface area (Å²) in [7, 11) is 0. The minimum Gasteiger partial charge on any atom is -0.435 e. The Labute approximate surface area is 153 Å². The number of rotatable bonds is 6. The molecule has 144 valence electrons. The topological polar surface area (TPSA) is 41.9 Å². The standard InChI is InChI=1S/C20H27F2NO3/c1-20(2,24)13-25-16-9-6-15(7-10-16)23-11-3-4-14-5-8-17(12-18(14)23)26-19(21)22/h3-5,8,12,15-16,19,24H,6-7,9-11,13H2,1-2H3/t15-,16-. The lowest BCUT2D eigenvalue weighted by molar-refractivity contribution is -0.0635. The minimum absolute atomic E-state index is 0.172. The van der Waals surface area contributed by atoms with E-state index in [9.17, 15) is 13.9 Å². The van der Waals surface area contributed by atoms with E-state index in [1.807, 2.05) is 12.1 Å². The highest BCUT2D eigenvalue weighted by Crippen LogP contribution is 2.36. The molecule has 1 aromatic carbocycles. The van der Waals surface area contributed by atoms with Gasteiger partial charge >= 0.3 is 6.61 Å². The highest BCUT2D eigenvalue weighted by atomic mass is 19.3. The predicted molar refractivity (Wildman–Crippen MR) is 97.7 cm³/mol. The fraction of sp³-hybridized carbons (Fsp3) is 0.600. The molecule has 1 aromatic rings. The van der Waals surface area contributed by atoms with Crippen LogP contribution in [0.5, 0.6) is 5.75 Å². The van der Waals surface area contributed by atoms with Crippen LogP contribution >= 0.6 is 0 Å². The summed E-state index contributed by atoms with van der Waals surface area (Å²) in [5.41, 5.74) is 1.17. The Bertz CT molecular complexity index is 634. The van der Waals surface area contributed by atoms with Gasteiger partial charge in [-0.2, -0.15) is 8.78 Å². The van der Waals surface area contributed by atoms with Crippen LogP contribution in [-0.2, 0) is 4.74 Å². The molecular weight excluding hydrogens is 340 g/mol. The van der Waals surface area contributed by atoms with Gasteiger partial charge in [-0.15, -0.1) is 0 Å². The van der Waals surface area contributed by atoms with Crippen molar-refractivity contribution in [2.24, 2.45) is 0 Å². The van der Waals surface area contributed by atoms with E-state index < -0.39 is 12.2 Å². The zero-order valence-electron chi connectivity index (χ0n) is 15.3. The molecule has 1 saturated carbocycles. The maximum absolute atomic E-state index is 12.5. The van der Waals surface area contributed by atoms with Gasteiger partial charge < -0.3 is 19.5 Å². The van der Waals surface area contributed by atoms with E-state index in [2.05, 4.69) is 15.7 Å². The van der Waals surface area contributed by atoms with Gasteiger partial charge in [-0.3, -0.25) is 0 Å². The van der Waals surface area contributed by atoms with Crippen LogP contribution < -0.4 is 9.64 Å². The summed E-state index contributed by atoms with van der Waals surface area (Å²) < 4.78 is 35.4. The summed E-state index contributed by atoms with van der Waals surface area (Å²) in [5.74, 6) is 0.196. The normalized spacial score (nSPS) is 23.2. The molecule has 0 atom stereocenters. The second-order valence-electron chi connectivity index (χ2n) is 7.71. The predicted octanol–water partition coefficient (Wildman–Crippen LogP) is 4.22. The first kappa shape index (κ1) is 19.1. The van der Waals surface area contributed by atoms with Crippen LogP contribution in [0.25, 0.3) is 6.08 Å². The Kier molecular flexibility index (Phi) is 5.82. The van der Waals surface area contributed by atoms with Gasteiger partial charge in [0.2, 0.25) is 0 Å². The molecule has 6 heteroatoms. The number of halogens is 2. The van der Waals surface area contributed by atoms with E-state index in [1.54, 1.807) is 26.0 Å². The monoisotopic (exact) mass is 367 g/mol. The number of anilines is 1. The molecule has 2 aliphatic rings. The minimum atomic E-state index is -2.82. The van der Waals surface area contributed by atoms with E-state index >= 15 is 0 Å². The van der Waals surface area contributed by atoms with Crippen molar-refractivity contribution < 1.29 is 23.4 Å². The molecule has 1 N–H and O–H groups in total. The summed E-state index contributed by atoms with van der Waals surface area (Å²) in [5, 5.41) is 9.80. The maximum atomic E-state index is 12.5. The number of ether oxygens (including phenoxy) is 2. The number of fused-ring (bicyclic) bond motifs is 1. The van der Waals surface area contributed by atoms with Crippen LogP contribution in [0.15, 0.2) is 24.3 Å². The van der Waals surface area contributed by atoms with Crippen molar-refractivity contribution in [3.8, 4) is 5.75 Å². The third-order valence-corrected chi connectivity index (χ3v) is 4.89. The lowest BCUT2D eigenvalue weighted by atomic mass is 9.90. The van der Waals surface area contributed by atoms with Gasteiger partial charge in [0.1, 0.15) is 5.75 Å². The van der Waals surface area contributed by atoms with Gasteiger partial charge in [-0.25, -0.2) is 0 Å². The zero-order chi connectivity index (χ0) is 18.7. The lowest BCUT2D eigenvalue weighted by Crippen LogP contribution is -2.41. The zero-order valence-corrected chi connectivity index (χ0v) is 15.3. The highest BCUT2D eigenvalue weighted by molar-refractivity contribution is 5.73. The van der Waals surface area contributed by atoms with E-state index in [4.69, 9.17) is 4.74 Å². The van der Waals surface area contributed by atoms with Gasteiger partial charge in [0.05, 0.1) is 18.3 Å². The van der Waals surface area contributed by atoms with Crippen LogP contribution in [0.1, 0.15) is 45.1 Å². The van der Waals surface area contributed by atoms with E-state index in [0.29, 0.717) is 12.6 Å². The van der Waals surface area contributed by atoms with Crippen molar-refractivity contribution in [3.05, 3.63) is 29.8 Å². The molecule has 1 heterocycles. The second kappa shape index (κ2) is 7.92.